The van der Waals surface area contributed by atoms with E-state index in [9.17, 15) is 9.59 Å². The Hall–Kier alpha value is -1.69. The number of carbonyl (C=O) groups is 2. The molecule has 0 radical (unpaired) electrons. The number of carbonyl (C=O) groups excluding carboxylic acids is 2. The van der Waals surface area contributed by atoms with Crippen molar-refractivity contribution in [2.45, 2.75) is 38.2 Å². The van der Waals surface area contributed by atoms with E-state index in [1.54, 1.807) is 30.7 Å². The van der Waals surface area contributed by atoms with Crippen molar-refractivity contribution < 1.29 is 14.3 Å². The summed E-state index contributed by atoms with van der Waals surface area (Å²) in [4.78, 5) is 26.1. The molecule has 1 heterocycles. The van der Waals surface area contributed by atoms with Crippen LogP contribution in [0.15, 0.2) is 24.3 Å². The van der Waals surface area contributed by atoms with Crippen LogP contribution in [0.1, 0.15) is 31.7 Å². The third-order valence-corrected chi connectivity index (χ3v) is 4.76. The van der Waals surface area contributed by atoms with Gasteiger partial charge in [-0.2, -0.15) is 0 Å². The molecule has 1 aliphatic rings. The van der Waals surface area contributed by atoms with E-state index in [1.807, 2.05) is 38.1 Å². The first-order valence-electron chi connectivity index (χ1n) is 7.31. The van der Waals surface area contributed by atoms with Crippen molar-refractivity contribution >= 4 is 23.6 Å². The number of rotatable bonds is 5. The highest BCUT2D eigenvalue weighted by molar-refractivity contribution is 8.00. The Morgan fingerprint density at radius 1 is 1.32 bits per heavy atom. The molecule has 0 saturated carbocycles. The van der Waals surface area contributed by atoms with E-state index in [4.69, 9.17) is 4.74 Å². The lowest BCUT2D eigenvalue weighted by atomic mass is 10.1. The molecule has 0 bridgehead atoms. The van der Waals surface area contributed by atoms with Crippen molar-refractivity contribution in [3.63, 3.8) is 0 Å². The highest BCUT2D eigenvalue weighted by atomic mass is 32.2. The summed E-state index contributed by atoms with van der Waals surface area (Å²) in [6.07, 6.45) is 0. The number of thioether (sulfide) groups is 1. The minimum absolute atomic E-state index is 0.00257. The summed E-state index contributed by atoms with van der Waals surface area (Å²) in [6, 6.07) is 7.19. The summed E-state index contributed by atoms with van der Waals surface area (Å²) in [5.41, 5.74) is 1.00. The third kappa shape index (κ3) is 3.55. The first kappa shape index (κ1) is 16.7. The van der Waals surface area contributed by atoms with Crippen molar-refractivity contribution in [2.24, 2.45) is 0 Å². The molecule has 1 fully saturated rings. The normalized spacial score (nSPS) is 19.4. The van der Waals surface area contributed by atoms with Crippen molar-refractivity contribution in [2.75, 3.05) is 12.9 Å². The Labute approximate surface area is 135 Å². The van der Waals surface area contributed by atoms with Crippen LogP contribution in [-0.4, -0.2) is 41.7 Å². The van der Waals surface area contributed by atoms with E-state index in [1.165, 1.54) is 0 Å². The lowest BCUT2D eigenvalue weighted by Gasteiger charge is -2.30. The number of ether oxygens (including phenoxy) is 1. The molecule has 0 spiro atoms. The quantitative estimate of drug-likeness (QED) is 0.903. The molecule has 1 saturated heterocycles. The molecule has 6 heteroatoms. The number of benzene rings is 1. The monoisotopic (exact) mass is 322 g/mol. The minimum Gasteiger partial charge on any atom is -0.497 e. The van der Waals surface area contributed by atoms with Gasteiger partial charge in [0.2, 0.25) is 11.8 Å². The van der Waals surface area contributed by atoms with E-state index in [0.717, 1.165) is 11.3 Å². The van der Waals surface area contributed by atoms with Crippen LogP contribution < -0.4 is 10.1 Å². The third-order valence-electron chi connectivity index (χ3n) is 3.53. The molecule has 22 heavy (non-hydrogen) atoms. The van der Waals surface area contributed by atoms with Gasteiger partial charge in [-0.25, -0.2) is 0 Å². The van der Waals surface area contributed by atoms with Crippen LogP contribution in [0.4, 0.5) is 0 Å². The predicted octanol–water partition coefficient (Wildman–Crippen LogP) is 2.18. The summed E-state index contributed by atoms with van der Waals surface area (Å²) in [6.45, 7) is 5.59. The van der Waals surface area contributed by atoms with Gasteiger partial charge in [0.05, 0.1) is 12.9 Å². The van der Waals surface area contributed by atoms with E-state index in [0.29, 0.717) is 5.75 Å². The number of nitrogens with zero attached hydrogens (tertiary/aromatic N) is 1. The van der Waals surface area contributed by atoms with Crippen molar-refractivity contribution in [3.05, 3.63) is 29.8 Å². The molecule has 5 nitrogen and oxygen atoms in total. The zero-order chi connectivity index (χ0) is 16.3. The standard InChI is InChI=1S/C16H22N2O3S/c1-10(2)17-15(20)11(3)18-14(19)9-22-16(18)12-5-7-13(21-4)8-6-12/h5-8,10-11,16H,9H2,1-4H3,(H,17,20)/t11-,16+/m1/s1. The number of methoxy groups -OCH3 is 1. The summed E-state index contributed by atoms with van der Waals surface area (Å²) in [5.74, 6) is 1.05. The van der Waals surface area contributed by atoms with Crippen LogP contribution in [0.3, 0.4) is 0 Å². The molecular formula is C16H22N2O3S. The van der Waals surface area contributed by atoms with Gasteiger partial charge in [-0.05, 0) is 38.5 Å². The molecule has 1 N–H and O–H groups in total. The fraction of sp³-hybridized carbons (Fsp3) is 0.500. The predicted molar refractivity (Wildman–Crippen MR) is 87.8 cm³/mol. The van der Waals surface area contributed by atoms with Gasteiger partial charge in [0.15, 0.2) is 0 Å². The van der Waals surface area contributed by atoms with E-state index in [2.05, 4.69) is 5.32 Å². The van der Waals surface area contributed by atoms with Gasteiger partial charge in [0.1, 0.15) is 17.2 Å². The number of hydrogen-bond acceptors (Lipinski definition) is 4. The highest BCUT2D eigenvalue weighted by Crippen LogP contribution is 2.40. The molecule has 120 valence electrons. The Kier molecular flexibility index (Phi) is 5.34. The molecular weight excluding hydrogens is 300 g/mol. The van der Waals surface area contributed by atoms with E-state index in [-0.39, 0.29) is 23.2 Å². The Morgan fingerprint density at radius 2 is 1.95 bits per heavy atom. The maximum absolute atomic E-state index is 12.2. The van der Waals surface area contributed by atoms with Gasteiger partial charge in [-0.1, -0.05) is 12.1 Å². The number of hydrogen-bond donors (Lipinski definition) is 1. The van der Waals surface area contributed by atoms with Crippen LogP contribution in [0.2, 0.25) is 0 Å². The SMILES string of the molecule is COc1ccc([C@@H]2SCC(=O)N2[C@H](C)C(=O)NC(C)C)cc1. The summed E-state index contributed by atoms with van der Waals surface area (Å²) >= 11 is 1.55. The molecule has 1 aromatic carbocycles. The van der Waals surface area contributed by atoms with E-state index >= 15 is 0 Å². The molecule has 2 atom stereocenters. The second-order valence-corrected chi connectivity index (χ2v) is 6.65. The first-order valence-corrected chi connectivity index (χ1v) is 8.36. The average molecular weight is 322 g/mol. The minimum atomic E-state index is -0.489. The molecule has 1 aliphatic heterocycles. The van der Waals surface area contributed by atoms with Crippen LogP contribution in [-0.2, 0) is 9.59 Å². The summed E-state index contributed by atoms with van der Waals surface area (Å²) < 4.78 is 5.16. The van der Waals surface area contributed by atoms with Crippen molar-refractivity contribution in [1.29, 1.82) is 0 Å². The zero-order valence-corrected chi connectivity index (χ0v) is 14.1. The highest BCUT2D eigenvalue weighted by Gasteiger charge is 2.38. The van der Waals surface area contributed by atoms with Crippen molar-refractivity contribution in [3.8, 4) is 5.75 Å². The van der Waals surface area contributed by atoms with Gasteiger partial charge < -0.3 is 15.0 Å². The zero-order valence-electron chi connectivity index (χ0n) is 13.3. The molecule has 2 amide bonds. The molecule has 2 rings (SSSR count). The second-order valence-electron chi connectivity index (χ2n) is 5.58. The number of nitrogens with one attached hydrogen (secondary N) is 1. The maximum atomic E-state index is 12.2. The second kappa shape index (κ2) is 7.05. The summed E-state index contributed by atoms with van der Waals surface area (Å²) in [7, 11) is 1.62. The van der Waals surface area contributed by atoms with Crippen molar-refractivity contribution in [1.82, 2.24) is 10.2 Å². The van der Waals surface area contributed by atoms with Gasteiger partial charge in [0.25, 0.3) is 0 Å². The molecule has 0 unspecified atom stereocenters. The van der Waals surface area contributed by atoms with E-state index < -0.39 is 6.04 Å². The Balaban J connectivity index is 2.19. The van der Waals surface area contributed by atoms with Gasteiger partial charge in [-0.15, -0.1) is 11.8 Å². The molecule has 0 aliphatic carbocycles. The number of amides is 2. The van der Waals surface area contributed by atoms with Gasteiger partial charge in [0, 0.05) is 6.04 Å². The van der Waals surface area contributed by atoms with Crippen LogP contribution >= 0.6 is 11.8 Å². The van der Waals surface area contributed by atoms with Gasteiger partial charge >= 0.3 is 0 Å². The smallest absolute Gasteiger partial charge is 0.242 e. The molecule has 0 aromatic heterocycles. The Morgan fingerprint density at radius 3 is 2.50 bits per heavy atom. The maximum Gasteiger partial charge on any atom is 0.242 e. The lowest BCUT2D eigenvalue weighted by Crippen LogP contribution is -2.48. The molecule has 1 aromatic rings. The fourth-order valence-electron chi connectivity index (χ4n) is 2.41. The van der Waals surface area contributed by atoms with Crippen LogP contribution in [0, 0.1) is 0 Å². The largest absolute Gasteiger partial charge is 0.497 e. The Bertz CT molecular complexity index is 545. The first-order chi connectivity index (χ1) is 10.4. The van der Waals surface area contributed by atoms with Crippen LogP contribution in [0.25, 0.3) is 0 Å². The lowest BCUT2D eigenvalue weighted by molar-refractivity contribution is -0.138. The van der Waals surface area contributed by atoms with Gasteiger partial charge in [-0.3, -0.25) is 9.59 Å². The average Bonchev–Trinajstić information content (AvgIpc) is 2.87. The van der Waals surface area contributed by atoms with Crippen LogP contribution in [0.5, 0.6) is 5.75 Å². The fourth-order valence-corrected chi connectivity index (χ4v) is 3.67. The summed E-state index contributed by atoms with van der Waals surface area (Å²) in [5, 5.41) is 2.74. The topological polar surface area (TPSA) is 58.6 Å².